The van der Waals surface area contributed by atoms with Crippen LogP contribution in [0.1, 0.15) is 31.2 Å². The van der Waals surface area contributed by atoms with Crippen molar-refractivity contribution in [3.63, 3.8) is 0 Å². The molecule has 0 spiro atoms. The Kier molecular flexibility index (Phi) is 5.17. The highest BCUT2D eigenvalue weighted by atomic mass is 16.3. The normalized spacial score (nSPS) is 25.9. The van der Waals surface area contributed by atoms with E-state index in [0.717, 1.165) is 32.1 Å². The molecule has 0 radical (unpaired) electrons. The van der Waals surface area contributed by atoms with Crippen molar-refractivity contribution in [2.75, 3.05) is 6.61 Å². The van der Waals surface area contributed by atoms with Gasteiger partial charge in [0.15, 0.2) is 0 Å². The summed E-state index contributed by atoms with van der Waals surface area (Å²) in [4.78, 5) is 0. The maximum atomic E-state index is 9.48. The van der Waals surface area contributed by atoms with Gasteiger partial charge in [-0.25, -0.2) is 0 Å². The van der Waals surface area contributed by atoms with E-state index in [1.807, 2.05) is 18.2 Å². The maximum absolute atomic E-state index is 9.48. The summed E-state index contributed by atoms with van der Waals surface area (Å²) >= 11 is 0. The van der Waals surface area contributed by atoms with Crippen molar-refractivity contribution in [3.05, 3.63) is 35.9 Å². The second kappa shape index (κ2) is 6.88. The van der Waals surface area contributed by atoms with Gasteiger partial charge in [0.25, 0.3) is 0 Å². The largest absolute Gasteiger partial charge is 0.395 e. The van der Waals surface area contributed by atoms with Crippen molar-refractivity contribution in [1.29, 1.82) is 0 Å². The summed E-state index contributed by atoms with van der Waals surface area (Å²) in [6.45, 7) is 0.192. The zero-order chi connectivity index (χ0) is 12.8. The summed E-state index contributed by atoms with van der Waals surface area (Å²) < 4.78 is 0. The lowest BCUT2D eigenvalue weighted by atomic mass is 9.91. The summed E-state index contributed by atoms with van der Waals surface area (Å²) in [6, 6.07) is 11.4. The fourth-order valence-electron chi connectivity index (χ4n) is 2.69. The SMILES string of the molecule is NC1CCC(NC(CO)Cc2ccccc2)CC1. The molecule has 4 N–H and O–H groups in total. The number of aliphatic hydroxyl groups excluding tert-OH is 1. The predicted octanol–water partition coefficient (Wildman–Crippen LogP) is 1.45. The van der Waals surface area contributed by atoms with Crippen LogP contribution in [-0.4, -0.2) is 29.8 Å². The molecule has 3 nitrogen and oxygen atoms in total. The van der Waals surface area contributed by atoms with Crippen LogP contribution in [0, 0.1) is 0 Å². The van der Waals surface area contributed by atoms with Gasteiger partial charge in [0.2, 0.25) is 0 Å². The lowest BCUT2D eigenvalue weighted by Gasteiger charge is -2.30. The molecular formula is C15H24N2O. The minimum absolute atomic E-state index is 0.159. The summed E-state index contributed by atoms with van der Waals surface area (Å²) in [6.07, 6.45) is 5.35. The lowest BCUT2D eigenvalue weighted by Crippen LogP contribution is -2.45. The van der Waals surface area contributed by atoms with Crippen molar-refractivity contribution in [2.45, 2.75) is 50.2 Å². The highest BCUT2D eigenvalue weighted by Gasteiger charge is 2.20. The van der Waals surface area contributed by atoms with Crippen molar-refractivity contribution in [3.8, 4) is 0 Å². The fraction of sp³-hybridized carbons (Fsp3) is 0.600. The fourth-order valence-corrected chi connectivity index (χ4v) is 2.69. The number of nitrogens with two attached hydrogens (primary N) is 1. The number of benzene rings is 1. The zero-order valence-electron chi connectivity index (χ0n) is 10.9. The van der Waals surface area contributed by atoms with Crippen molar-refractivity contribution in [2.24, 2.45) is 5.73 Å². The first-order valence-corrected chi connectivity index (χ1v) is 6.94. The Morgan fingerprint density at radius 3 is 2.44 bits per heavy atom. The van der Waals surface area contributed by atoms with Crippen LogP contribution >= 0.6 is 0 Å². The van der Waals surface area contributed by atoms with Gasteiger partial charge in [-0.2, -0.15) is 0 Å². The first-order valence-electron chi connectivity index (χ1n) is 6.94. The minimum atomic E-state index is 0.159. The topological polar surface area (TPSA) is 58.3 Å². The third-order valence-electron chi connectivity index (χ3n) is 3.79. The van der Waals surface area contributed by atoms with Gasteiger partial charge in [-0.1, -0.05) is 30.3 Å². The summed E-state index contributed by atoms with van der Waals surface area (Å²) in [7, 11) is 0. The van der Waals surface area contributed by atoms with Gasteiger partial charge in [0, 0.05) is 18.1 Å². The van der Waals surface area contributed by atoms with Crippen LogP contribution < -0.4 is 11.1 Å². The van der Waals surface area contributed by atoms with Gasteiger partial charge in [0.05, 0.1) is 6.61 Å². The quantitative estimate of drug-likeness (QED) is 0.739. The predicted molar refractivity (Wildman–Crippen MR) is 74.4 cm³/mol. The standard InChI is InChI=1S/C15H24N2O/c16-13-6-8-14(9-7-13)17-15(11-18)10-12-4-2-1-3-5-12/h1-5,13-15,17-18H,6-11,16H2. The molecular weight excluding hydrogens is 224 g/mol. The second-order valence-corrected chi connectivity index (χ2v) is 5.35. The summed E-state index contributed by atoms with van der Waals surface area (Å²) in [5.74, 6) is 0. The molecule has 0 heterocycles. The van der Waals surface area contributed by atoms with E-state index in [1.54, 1.807) is 0 Å². The van der Waals surface area contributed by atoms with Crippen LogP contribution in [0.25, 0.3) is 0 Å². The van der Waals surface area contributed by atoms with E-state index >= 15 is 0 Å². The molecule has 1 unspecified atom stereocenters. The van der Waals surface area contributed by atoms with Gasteiger partial charge < -0.3 is 16.2 Å². The molecule has 1 aromatic rings. The van der Waals surface area contributed by atoms with E-state index in [1.165, 1.54) is 5.56 Å². The number of hydrogen-bond acceptors (Lipinski definition) is 3. The minimum Gasteiger partial charge on any atom is -0.395 e. The van der Waals surface area contributed by atoms with E-state index < -0.39 is 0 Å². The Bertz CT molecular complexity index is 334. The first-order chi connectivity index (χ1) is 8.78. The van der Waals surface area contributed by atoms with Crippen LogP contribution in [0.15, 0.2) is 30.3 Å². The van der Waals surface area contributed by atoms with Crippen LogP contribution in [0.5, 0.6) is 0 Å². The maximum Gasteiger partial charge on any atom is 0.0587 e. The van der Waals surface area contributed by atoms with Gasteiger partial charge in [-0.05, 0) is 37.7 Å². The number of rotatable bonds is 5. The number of nitrogens with one attached hydrogen (secondary N) is 1. The van der Waals surface area contributed by atoms with Gasteiger partial charge in [-0.15, -0.1) is 0 Å². The number of aliphatic hydroxyl groups is 1. The molecule has 1 aliphatic rings. The second-order valence-electron chi connectivity index (χ2n) is 5.35. The van der Waals surface area contributed by atoms with Gasteiger partial charge in [0.1, 0.15) is 0 Å². The van der Waals surface area contributed by atoms with Gasteiger partial charge >= 0.3 is 0 Å². The third-order valence-corrected chi connectivity index (χ3v) is 3.79. The average molecular weight is 248 g/mol. The Morgan fingerprint density at radius 1 is 1.17 bits per heavy atom. The van der Waals surface area contributed by atoms with Crippen molar-refractivity contribution < 1.29 is 5.11 Å². The van der Waals surface area contributed by atoms with Crippen LogP contribution in [0.2, 0.25) is 0 Å². The Labute approximate surface area is 109 Å². The van der Waals surface area contributed by atoms with Crippen LogP contribution in [-0.2, 0) is 6.42 Å². The summed E-state index contributed by atoms with van der Waals surface area (Å²) in [5, 5.41) is 13.1. The molecule has 2 rings (SSSR count). The highest BCUT2D eigenvalue weighted by Crippen LogP contribution is 2.18. The molecule has 3 heteroatoms. The molecule has 1 atom stereocenters. The van der Waals surface area contributed by atoms with Gasteiger partial charge in [-0.3, -0.25) is 0 Å². The highest BCUT2D eigenvalue weighted by molar-refractivity contribution is 5.16. The van der Waals surface area contributed by atoms with Crippen molar-refractivity contribution >= 4 is 0 Å². The van der Waals surface area contributed by atoms with E-state index in [4.69, 9.17) is 5.73 Å². The van der Waals surface area contributed by atoms with Crippen LogP contribution in [0.4, 0.5) is 0 Å². The van der Waals surface area contributed by atoms with E-state index in [9.17, 15) is 5.11 Å². The van der Waals surface area contributed by atoms with E-state index in [-0.39, 0.29) is 12.6 Å². The summed E-state index contributed by atoms with van der Waals surface area (Å²) in [5.41, 5.74) is 7.18. The smallest absolute Gasteiger partial charge is 0.0587 e. The molecule has 1 aliphatic carbocycles. The number of hydrogen-bond donors (Lipinski definition) is 3. The molecule has 0 aromatic heterocycles. The third kappa shape index (κ3) is 4.09. The van der Waals surface area contributed by atoms with Crippen LogP contribution in [0.3, 0.4) is 0 Å². The van der Waals surface area contributed by atoms with Crippen molar-refractivity contribution in [1.82, 2.24) is 5.32 Å². The average Bonchev–Trinajstić information content (AvgIpc) is 2.41. The molecule has 100 valence electrons. The molecule has 18 heavy (non-hydrogen) atoms. The van der Waals surface area contributed by atoms with E-state index in [2.05, 4.69) is 17.4 Å². The lowest BCUT2D eigenvalue weighted by molar-refractivity contribution is 0.214. The van der Waals surface area contributed by atoms with E-state index in [0.29, 0.717) is 12.1 Å². The molecule has 0 saturated heterocycles. The monoisotopic (exact) mass is 248 g/mol. The Balaban J connectivity index is 1.82. The Morgan fingerprint density at radius 2 is 1.83 bits per heavy atom. The molecule has 0 aliphatic heterocycles. The Hall–Kier alpha value is -0.900. The molecule has 1 aromatic carbocycles. The molecule has 0 bridgehead atoms. The zero-order valence-corrected chi connectivity index (χ0v) is 10.9. The molecule has 1 saturated carbocycles. The molecule has 1 fully saturated rings. The first kappa shape index (κ1) is 13.5. The molecule has 0 amide bonds.